The van der Waals surface area contributed by atoms with Crippen molar-refractivity contribution in [2.24, 2.45) is 0 Å². The Kier molecular flexibility index (Phi) is 7.42. The predicted octanol–water partition coefficient (Wildman–Crippen LogP) is 5.04. The fourth-order valence-corrected chi connectivity index (χ4v) is 5.37. The average Bonchev–Trinajstić information content (AvgIpc) is 3.14. The number of H-pyrrole nitrogens is 1. The first-order valence-corrected chi connectivity index (χ1v) is 12.8. The van der Waals surface area contributed by atoms with Crippen molar-refractivity contribution in [2.45, 2.75) is 37.9 Å². The van der Waals surface area contributed by atoms with Gasteiger partial charge < -0.3 is 10.3 Å². The maximum Gasteiger partial charge on any atom is 0.271 e. The minimum Gasteiger partial charge on any atom is -0.353 e. The Labute approximate surface area is 205 Å². The standard InChI is InChI=1S/C24H24N4O2S3/c1-15-8-12-18(13-9-15)28-21-20(33-24(28)31)22(30)27-23(26-21)32-14-19(29)25-16(2)10-11-17-6-4-3-5-7-17/h3-9,12-13,16H,10-11,14H2,1-2H3,(H,25,29)(H,26,27,30). The summed E-state index contributed by atoms with van der Waals surface area (Å²) in [5, 5.41) is 3.42. The molecule has 0 fully saturated rings. The minimum atomic E-state index is -0.249. The molecule has 33 heavy (non-hydrogen) atoms. The highest BCUT2D eigenvalue weighted by Gasteiger charge is 2.15. The molecule has 2 N–H and O–H groups in total. The third-order valence-corrected chi connectivity index (χ3v) is 7.40. The molecule has 0 spiro atoms. The Balaban J connectivity index is 1.44. The van der Waals surface area contributed by atoms with E-state index >= 15 is 0 Å². The predicted molar refractivity (Wildman–Crippen MR) is 138 cm³/mol. The molecule has 2 aromatic carbocycles. The van der Waals surface area contributed by atoms with Crippen LogP contribution in [0.2, 0.25) is 0 Å². The van der Waals surface area contributed by atoms with Gasteiger partial charge in [0.2, 0.25) is 5.91 Å². The molecule has 1 unspecified atom stereocenters. The second-order valence-corrected chi connectivity index (χ2v) is 10.5. The molecule has 4 rings (SSSR count). The van der Waals surface area contributed by atoms with Gasteiger partial charge in [-0.2, -0.15) is 0 Å². The van der Waals surface area contributed by atoms with Crippen LogP contribution in [-0.4, -0.2) is 32.2 Å². The summed E-state index contributed by atoms with van der Waals surface area (Å²) in [6, 6.07) is 18.2. The van der Waals surface area contributed by atoms with Gasteiger partial charge in [-0.3, -0.25) is 14.2 Å². The highest BCUT2D eigenvalue weighted by molar-refractivity contribution is 7.99. The van der Waals surface area contributed by atoms with Crippen molar-refractivity contribution in [2.75, 3.05) is 5.75 Å². The van der Waals surface area contributed by atoms with Crippen LogP contribution in [0.3, 0.4) is 0 Å². The number of fused-ring (bicyclic) bond motifs is 1. The number of hydrogen-bond acceptors (Lipinski definition) is 6. The number of carbonyl (C=O) groups is 1. The van der Waals surface area contributed by atoms with Gasteiger partial charge in [0, 0.05) is 11.7 Å². The Morgan fingerprint density at radius 2 is 1.94 bits per heavy atom. The number of hydrogen-bond donors (Lipinski definition) is 2. The number of aromatic nitrogens is 3. The number of rotatable bonds is 8. The molecule has 2 heterocycles. The fraction of sp³-hybridized carbons (Fsp3) is 0.250. The first kappa shape index (κ1) is 23.4. The van der Waals surface area contributed by atoms with Crippen molar-refractivity contribution in [3.63, 3.8) is 0 Å². The second kappa shape index (κ2) is 10.5. The van der Waals surface area contributed by atoms with Gasteiger partial charge in [0.05, 0.1) is 5.75 Å². The van der Waals surface area contributed by atoms with E-state index in [1.54, 1.807) is 4.57 Å². The van der Waals surface area contributed by atoms with Crippen molar-refractivity contribution >= 4 is 51.6 Å². The van der Waals surface area contributed by atoms with Crippen molar-refractivity contribution in [3.05, 3.63) is 80.0 Å². The summed E-state index contributed by atoms with van der Waals surface area (Å²) in [7, 11) is 0. The molecular weight excluding hydrogens is 472 g/mol. The second-order valence-electron chi connectivity index (χ2n) is 7.84. The molecule has 0 saturated carbocycles. The molecule has 1 amide bonds. The lowest BCUT2D eigenvalue weighted by Crippen LogP contribution is -2.34. The molecule has 0 aliphatic heterocycles. The number of thiazole rings is 1. The lowest BCUT2D eigenvalue weighted by atomic mass is 10.1. The van der Waals surface area contributed by atoms with Gasteiger partial charge in [0.15, 0.2) is 14.8 Å². The van der Waals surface area contributed by atoms with E-state index in [0.717, 1.165) is 24.1 Å². The van der Waals surface area contributed by atoms with Gasteiger partial charge in [0.1, 0.15) is 4.70 Å². The fourth-order valence-electron chi connectivity index (χ4n) is 3.43. The van der Waals surface area contributed by atoms with E-state index in [1.807, 2.05) is 56.3 Å². The van der Waals surface area contributed by atoms with Gasteiger partial charge in [-0.1, -0.05) is 71.1 Å². The zero-order chi connectivity index (χ0) is 23.4. The van der Waals surface area contributed by atoms with Gasteiger partial charge in [-0.05, 0) is 56.6 Å². The largest absolute Gasteiger partial charge is 0.353 e. The van der Waals surface area contributed by atoms with Gasteiger partial charge in [-0.25, -0.2) is 4.98 Å². The molecule has 0 aliphatic carbocycles. The van der Waals surface area contributed by atoms with E-state index in [-0.39, 0.29) is 23.3 Å². The maximum atomic E-state index is 12.6. The third kappa shape index (κ3) is 5.79. The van der Waals surface area contributed by atoms with Crippen LogP contribution in [0.5, 0.6) is 0 Å². The number of nitrogens with one attached hydrogen (secondary N) is 2. The number of carbonyl (C=O) groups excluding carboxylic acids is 1. The lowest BCUT2D eigenvalue weighted by Gasteiger charge is -2.13. The normalized spacial score (nSPS) is 12.1. The van der Waals surface area contributed by atoms with E-state index in [1.165, 1.54) is 28.7 Å². The minimum absolute atomic E-state index is 0.0520. The molecule has 4 aromatic rings. The SMILES string of the molecule is Cc1ccc(-n2c(=S)sc3c(=O)[nH]c(SCC(=O)NC(C)CCc4ccccc4)nc32)cc1. The summed E-state index contributed by atoms with van der Waals surface area (Å²) in [4.78, 5) is 32.5. The topological polar surface area (TPSA) is 79.8 Å². The number of benzene rings is 2. The maximum absolute atomic E-state index is 12.6. The number of thioether (sulfide) groups is 1. The zero-order valence-electron chi connectivity index (χ0n) is 18.3. The smallest absolute Gasteiger partial charge is 0.271 e. The third-order valence-electron chi connectivity index (χ3n) is 5.17. The summed E-state index contributed by atoms with van der Waals surface area (Å²) in [6.07, 6.45) is 1.76. The van der Waals surface area contributed by atoms with E-state index in [4.69, 9.17) is 12.2 Å². The van der Waals surface area contributed by atoms with E-state index in [2.05, 4.69) is 27.4 Å². The van der Waals surface area contributed by atoms with Crippen LogP contribution in [0.1, 0.15) is 24.5 Å². The number of aromatic amines is 1. The summed E-state index contributed by atoms with van der Waals surface area (Å²) in [5.41, 5.74) is 3.51. The Hall–Kier alpha value is -2.75. The highest BCUT2D eigenvalue weighted by atomic mass is 32.2. The van der Waals surface area contributed by atoms with Crippen molar-refractivity contribution in [1.29, 1.82) is 0 Å². The summed E-state index contributed by atoms with van der Waals surface area (Å²) >= 11 is 7.94. The van der Waals surface area contributed by atoms with Crippen LogP contribution in [0, 0.1) is 10.9 Å². The van der Waals surface area contributed by atoms with E-state index in [9.17, 15) is 9.59 Å². The molecule has 170 valence electrons. The van der Waals surface area contributed by atoms with E-state index in [0.29, 0.717) is 19.5 Å². The molecule has 6 nitrogen and oxygen atoms in total. The van der Waals surface area contributed by atoms with Crippen LogP contribution in [-0.2, 0) is 11.2 Å². The van der Waals surface area contributed by atoms with Crippen LogP contribution in [0.4, 0.5) is 0 Å². The molecule has 1 atom stereocenters. The molecule has 0 saturated heterocycles. The van der Waals surface area contributed by atoms with E-state index < -0.39 is 0 Å². The van der Waals surface area contributed by atoms with Crippen LogP contribution < -0.4 is 10.9 Å². The van der Waals surface area contributed by atoms with Crippen molar-refractivity contribution in [1.82, 2.24) is 19.9 Å². The zero-order valence-corrected chi connectivity index (χ0v) is 20.8. The lowest BCUT2D eigenvalue weighted by molar-refractivity contribution is -0.119. The molecular formula is C24H24N4O2S3. The molecule has 0 aliphatic rings. The Morgan fingerprint density at radius 3 is 2.67 bits per heavy atom. The number of aryl methyl sites for hydroxylation is 2. The molecule has 9 heteroatoms. The molecule has 2 aromatic heterocycles. The number of amides is 1. The highest BCUT2D eigenvalue weighted by Crippen LogP contribution is 2.24. The molecule has 0 radical (unpaired) electrons. The summed E-state index contributed by atoms with van der Waals surface area (Å²) < 4.78 is 2.84. The summed E-state index contributed by atoms with van der Waals surface area (Å²) in [6.45, 7) is 4.01. The monoisotopic (exact) mass is 496 g/mol. The van der Waals surface area contributed by atoms with Crippen LogP contribution in [0.25, 0.3) is 16.0 Å². The van der Waals surface area contributed by atoms with Crippen LogP contribution in [0.15, 0.2) is 64.5 Å². The van der Waals surface area contributed by atoms with Gasteiger partial charge >= 0.3 is 0 Å². The van der Waals surface area contributed by atoms with Gasteiger partial charge in [0.25, 0.3) is 5.56 Å². The van der Waals surface area contributed by atoms with Crippen molar-refractivity contribution in [3.8, 4) is 5.69 Å². The first-order chi connectivity index (χ1) is 15.9. The Morgan fingerprint density at radius 1 is 1.21 bits per heavy atom. The molecule has 0 bridgehead atoms. The van der Waals surface area contributed by atoms with Crippen LogP contribution >= 0.6 is 35.3 Å². The van der Waals surface area contributed by atoms with Gasteiger partial charge in [-0.15, -0.1) is 0 Å². The number of nitrogens with zero attached hydrogens (tertiary/aromatic N) is 2. The average molecular weight is 497 g/mol. The quantitative estimate of drug-likeness (QED) is 0.203. The Bertz CT molecular complexity index is 1380. The summed E-state index contributed by atoms with van der Waals surface area (Å²) in [5.74, 6) is 0.0727. The van der Waals surface area contributed by atoms with Crippen molar-refractivity contribution < 1.29 is 4.79 Å². The first-order valence-electron chi connectivity index (χ1n) is 10.6.